The second-order valence-corrected chi connectivity index (χ2v) is 5.36. The Morgan fingerprint density at radius 3 is 2.16 bits per heavy atom. The van der Waals surface area contributed by atoms with Gasteiger partial charge >= 0.3 is 5.97 Å². The lowest BCUT2D eigenvalue weighted by atomic mass is 10.1. The van der Waals surface area contributed by atoms with Crippen LogP contribution in [-0.2, 0) is 14.3 Å². The molecule has 0 aromatic rings. The normalized spacial score (nSPS) is 10.9. The van der Waals surface area contributed by atoms with Gasteiger partial charge in [-0.3, -0.25) is 4.79 Å². The van der Waals surface area contributed by atoms with E-state index in [1.54, 1.807) is 0 Å². The number of hydrogen-bond donors (Lipinski definition) is 0. The first kappa shape index (κ1) is 18.4. The molecule has 0 rings (SSSR count). The summed E-state index contributed by atoms with van der Waals surface area (Å²) in [7, 11) is 0. The highest BCUT2D eigenvalue weighted by molar-refractivity contribution is 5.69. The second kappa shape index (κ2) is 13.9. The van der Waals surface area contributed by atoms with Crippen molar-refractivity contribution in [3.8, 4) is 0 Å². The summed E-state index contributed by atoms with van der Waals surface area (Å²) in [6.07, 6.45) is 9.92. The third kappa shape index (κ3) is 15.4. The Kier molecular flexibility index (Phi) is 13.4. The predicted octanol–water partition coefficient (Wildman–Crippen LogP) is 4.49. The molecule has 0 aliphatic rings. The summed E-state index contributed by atoms with van der Waals surface area (Å²) in [4.78, 5) is 11.3. The molecular formula is C16H32O3. The second-order valence-electron chi connectivity index (χ2n) is 5.36. The largest absolute Gasteiger partial charge is 0.466 e. The van der Waals surface area contributed by atoms with Gasteiger partial charge in [0.05, 0.1) is 12.7 Å². The fraction of sp³-hybridized carbons (Fsp3) is 0.938. The molecule has 0 unspecified atom stereocenters. The van der Waals surface area contributed by atoms with Gasteiger partial charge in [0.15, 0.2) is 0 Å². The lowest BCUT2D eigenvalue weighted by molar-refractivity contribution is -0.143. The SMILES string of the molecule is CCCCOC(=O)CCCCCCCCOC(C)C. The molecule has 0 radical (unpaired) electrons. The highest BCUT2D eigenvalue weighted by atomic mass is 16.5. The topological polar surface area (TPSA) is 35.5 Å². The summed E-state index contributed by atoms with van der Waals surface area (Å²) < 4.78 is 10.6. The van der Waals surface area contributed by atoms with E-state index in [2.05, 4.69) is 20.8 Å². The number of hydrogen-bond acceptors (Lipinski definition) is 3. The number of carbonyl (C=O) groups excluding carboxylic acids is 1. The molecule has 114 valence electrons. The fourth-order valence-corrected chi connectivity index (χ4v) is 1.80. The van der Waals surface area contributed by atoms with Crippen LogP contribution in [0.1, 0.15) is 78.6 Å². The van der Waals surface area contributed by atoms with Crippen LogP contribution in [0.5, 0.6) is 0 Å². The van der Waals surface area contributed by atoms with Crippen molar-refractivity contribution in [2.24, 2.45) is 0 Å². The molecule has 0 N–H and O–H groups in total. The van der Waals surface area contributed by atoms with Gasteiger partial charge in [-0.2, -0.15) is 0 Å². The van der Waals surface area contributed by atoms with E-state index < -0.39 is 0 Å². The molecule has 0 aromatic carbocycles. The molecule has 19 heavy (non-hydrogen) atoms. The molecule has 0 fully saturated rings. The van der Waals surface area contributed by atoms with Crippen molar-refractivity contribution >= 4 is 5.97 Å². The van der Waals surface area contributed by atoms with E-state index in [1.165, 1.54) is 19.3 Å². The predicted molar refractivity (Wildman–Crippen MR) is 79.3 cm³/mol. The van der Waals surface area contributed by atoms with Gasteiger partial charge < -0.3 is 9.47 Å². The Morgan fingerprint density at radius 1 is 0.895 bits per heavy atom. The van der Waals surface area contributed by atoms with Gasteiger partial charge in [0.2, 0.25) is 0 Å². The maximum Gasteiger partial charge on any atom is 0.305 e. The number of rotatable bonds is 13. The monoisotopic (exact) mass is 272 g/mol. The first-order valence-corrected chi connectivity index (χ1v) is 7.94. The molecular weight excluding hydrogens is 240 g/mol. The first-order valence-electron chi connectivity index (χ1n) is 7.94. The molecule has 0 atom stereocenters. The Bertz CT molecular complexity index is 202. The van der Waals surface area contributed by atoms with Crippen LogP contribution in [0.3, 0.4) is 0 Å². The van der Waals surface area contributed by atoms with Crippen LogP contribution in [0.15, 0.2) is 0 Å². The summed E-state index contributed by atoms with van der Waals surface area (Å²) in [5.74, 6) is -0.0289. The molecule has 0 heterocycles. The van der Waals surface area contributed by atoms with E-state index in [9.17, 15) is 4.79 Å². The minimum Gasteiger partial charge on any atom is -0.466 e. The van der Waals surface area contributed by atoms with E-state index in [4.69, 9.17) is 9.47 Å². The van der Waals surface area contributed by atoms with Crippen LogP contribution in [0.25, 0.3) is 0 Å². The van der Waals surface area contributed by atoms with Gasteiger partial charge in [-0.1, -0.05) is 39.0 Å². The quantitative estimate of drug-likeness (QED) is 0.366. The summed E-state index contributed by atoms with van der Waals surface area (Å²) in [6.45, 7) is 7.70. The van der Waals surface area contributed by atoms with Crippen molar-refractivity contribution in [1.29, 1.82) is 0 Å². The third-order valence-electron chi connectivity index (χ3n) is 2.99. The first-order chi connectivity index (χ1) is 9.16. The number of esters is 1. The number of unbranched alkanes of at least 4 members (excludes halogenated alkanes) is 6. The molecule has 0 aromatic heterocycles. The molecule has 0 saturated heterocycles. The van der Waals surface area contributed by atoms with Crippen LogP contribution in [0.4, 0.5) is 0 Å². The van der Waals surface area contributed by atoms with Gasteiger partial charge in [-0.15, -0.1) is 0 Å². The van der Waals surface area contributed by atoms with Crippen molar-refractivity contribution in [3.05, 3.63) is 0 Å². The fourth-order valence-electron chi connectivity index (χ4n) is 1.80. The molecule has 0 saturated carbocycles. The van der Waals surface area contributed by atoms with Crippen molar-refractivity contribution in [3.63, 3.8) is 0 Å². The van der Waals surface area contributed by atoms with E-state index in [0.717, 1.165) is 38.7 Å². The van der Waals surface area contributed by atoms with Crippen LogP contribution in [0, 0.1) is 0 Å². The lowest BCUT2D eigenvalue weighted by Crippen LogP contribution is -2.05. The zero-order chi connectivity index (χ0) is 14.3. The molecule has 0 amide bonds. The Labute approximate surface area is 119 Å². The van der Waals surface area contributed by atoms with Crippen LogP contribution in [-0.4, -0.2) is 25.3 Å². The van der Waals surface area contributed by atoms with Crippen LogP contribution >= 0.6 is 0 Å². The van der Waals surface area contributed by atoms with Gasteiger partial charge in [-0.05, 0) is 33.1 Å². The molecule has 0 aliphatic heterocycles. The summed E-state index contributed by atoms with van der Waals surface area (Å²) >= 11 is 0. The number of carbonyl (C=O) groups is 1. The highest BCUT2D eigenvalue weighted by Gasteiger charge is 2.01. The maximum absolute atomic E-state index is 11.3. The molecule has 3 nitrogen and oxygen atoms in total. The Balaban J connectivity index is 3.11. The lowest BCUT2D eigenvalue weighted by Gasteiger charge is -2.07. The average Bonchev–Trinajstić information content (AvgIpc) is 2.36. The van der Waals surface area contributed by atoms with Gasteiger partial charge in [0, 0.05) is 13.0 Å². The highest BCUT2D eigenvalue weighted by Crippen LogP contribution is 2.08. The smallest absolute Gasteiger partial charge is 0.305 e. The molecule has 0 spiro atoms. The minimum atomic E-state index is -0.0289. The van der Waals surface area contributed by atoms with E-state index >= 15 is 0 Å². The van der Waals surface area contributed by atoms with E-state index in [1.807, 2.05) is 0 Å². The maximum atomic E-state index is 11.3. The molecule has 3 heteroatoms. The number of ether oxygens (including phenoxy) is 2. The standard InChI is InChI=1S/C16H32O3/c1-4-5-13-19-16(17)12-10-8-6-7-9-11-14-18-15(2)3/h15H,4-14H2,1-3H3. The third-order valence-corrected chi connectivity index (χ3v) is 2.99. The average molecular weight is 272 g/mol. The van der Waals surface area contributed by atoms with Crippen LogP contribution in [0.2, 0.25) is 0 Å². The molecule has 0 aliphatic carbocycles. The van der Waals surface area contributed by atoms with Gasteiger partial charge in [0.25, 0.3) is 0 Å². The van der Waals surface area contributed by atoms with Crippen molar-refractivity contribution < 1.29 is 14.3 Å². The van der Waals surface area contributed by atoms with Gasteiger partial charge in [-0.25, -0.2) is 0 Å². The molecule has 0 bridgehead atoms. The van der Waals surface area contributed by atoms with Crippen LogP contribution < -0.4 is 0 Å². The van der Waals surface area contributed by atoms with Crippen molar-refractivity contribution in [2.45, 2.75) is 84.7 Å². The summed E-state index contributed by atoms with van der Waals surface area (Å²) in [5, 5.41) is 0. The van der Waals surface area contributed by atoms with Gasteiger partial charge in [0.1, 0.15) is 0 Å². The minimum absolute atomic E-state index is 0.0289. The summed E-state index contributed by atoms with van der Waals surface area (Å²) in [5.41, 5.74) is 0. The van der Waals surface area contributed by atoms with E-state index in [-0.39, 0.29) is 5.97 Å². The Morgan fingerprint density at radius 2 is 1.53 bits per heavy atom. The van der Waals surface area contributed by atoms with E-state index in [0.29, 0.717) is 19.1 Å². The van der Waals surface area contributed by atoms with Crippen molar-refractivity contribution in [1.82, 2.24) is 0 Å². The van der Waals surface area contributed by atoms with Crippen molar-refractivity contribution in [2.75, 3.05) is 13.2 Å². The zero-order valence-electron chi connectivity index (χ0n) is 13.1. The Hall–Kier alpha value is -0.570. The zero-order valence-corrected chi connectivity index (χ0v) is 13.1. The summed E-state index contributed by atoms with van der Waals surface area (Å²) in [6, 6.07) is 0.